The van der Waals surface area contributed by atoms with Crippen LogP contribution in [0.2, 0.25) is 0 Å². The zero-order chi connectivity index (χ0) is 23.0. The molecule has 5 rings (SSSR count). The summed E-state index contributed by atoms with van der Waals surface area (Å²) in [5, 5.41) is 4.72. The average molecular weight is 457 g/mol. The highest BCUT2D eigenvalue weighted by Gasteiger charge is 2.39. The average Bonchev–Trinajstić information content (AvgIpc) is 2.84. The highest BCUT2D eigenvalue weighted by molar-refractivity contribution is 7.89. The van der Waals surface area contributed by atoms with E-state index in [1.807, 2.05) is 85.8 Å². The first-order valence-corrected chi connectivity index (χ1v) is 12.3. The zero-order valence-electron chi connectivity index (χ0n) is 18.2. The van der Waals surface area contributed by atoms with E-state index in [-0.39, 0.29) is 17.3 Å². The van der Waals surface area contributed by atoms with Crippen molar-refractivity contribution in [1.29, 1.82) is 0 Å². The van der Waals surface area contributed by atoms with Crippen LogP contribution in [0.1, 0.15) is 16.7 Å². The number of anilines is 1. The molecule has 0 saturated heterocycles. The second-order valence-corrected chi connectivity index (χ2v) is 10.3. The molecule has 4 aromatic rings. The van der Waals surface area contributed by atoms with Gasteiger partial charge in [0.2, 0.25) is 15.9 Å². The monoisotopic (exact) mass is 456 g/mol. The molecule has 0 aromatic heterocycles. The maximum Gasteiger partial charge on any atom is 0.244 e. The molecule has 0 radical (unpaired) electrons. The first-order valence-electron chi connectivity index (χ1n) is 10.9. The zero-order valence-corrected chi connectivity index (χ0v) is 19.0. The van der Waals surface area contributed by atoms with Crippen LogP contribution in [-0.2, 0) is 27.8 Å². The number of fused-ring (bicyclic) bond motifs is 2. The van der Waals surface area contributed by atoms with Crippen molar-refractivity contribution in [3.63, 3.8) is 0 Å². The van der Waals surface area contributed by atoms with Gasteiger partial charge in [0.05, 0.1) is 4.90 Å². The molecule has 1 aliphatic heterocycles. The van der Waals surface area contributed by atoms with Crippen molar-refractivity contribution in [2.45, 2.75) is 30.8 Å². The smallest absolute Gasteiger partial charge is 0.244 e. The molecule has 1 N–H and O–H groups in total. The van der Waals surface area contributed by atoms with Crippen LogP contribution in [0.4, 0.5) is 5.69 Å². The summed E-state index contributed by atoms with van der Waals surface area (Å²) in [6, 6.07) is 27.1. The van der Waals surface area contributed by atoms with E-state index >= 15 is 0 Å². The highest BCUT2D eigenvalue weighted by Crippen LogP contribution is 2.31. The van der Waals surface area contributed by atoms with Crippen molar-refractivity contribution in [1.82, 2.24) is 4.31 Å². The first kappa shape index (κ1) is 21.4. The van der Waals surface area contributed by atoms with Crippen LogP contribution < -0.4 is 5.32 Å². The number of hydrogen-bond acceptors (Lipinski definition) is 3. The van der Waals surface area contributed by atoms with Gasteiger partial charge in [-0.3, -0.25) is 4.79 Å². The van der Waals surface area contributed by atoms with Crippen LogP contribution in [0, 0.1) is 6.92 Å². The fourth-order valence-corrected chi connectivity index (χ4v) is 5.90. The van der Waals surface area contributed by atoms with Gasteiger partial charge in [-0.1, -0.05) is 72.3 Å². The first-order chi connectivity index (χ1) is 15.9. The molecule has 6 heteroatoms. The van der Waals surface area contributed by atoms with E-state index in [1.165, 1.54) is 4.31 Å². The van der Waals surface area contributed by atoms with Crippen molar-refractivity contribution >= 4 is 32.4 Å². The van der Waals surface area contributed by atoms with E-state index in [0.717, 1.165) is 27.5 Å². The quantitative estimate of drug-likeness (QED) is 0.475. The summed E-state index contributed by atoms with van der Waals surface area (Å²) >= 11 is 0. The minimum Gasteiger partial charge on any atom is -0.325 e. The second-order valence-electron chi connectivity index (χ2n) is 8.40. The Morgan fingerprint density at radius 1 is 0.848 bits per heavy atom. The Morgan fingerprint density at radius 2 is 1.52 bits per heavy atom. The molecule has 0 saturated carbocycles. The minimum absolute atomic E-state index is 0.150. The van der Waals surface area contributed by atoms with E-state index < -0.39 is 16.1 Å². The predicted octanol–water partition coefficient (Wildman–Crippen LogP) is 4.90. The molecule has 4 aromatic carbocycles. The second kappa shape index (κ2) is 8.46. The molecule has 0 aliphatic carbocycles. The van der Waals surface area contributed by atoms with Gasteiger partial charge in [-0.15, -0.1) is 0 Å². The molecule has 1 amide bonds. The Bertz CT molecular complexity index is 1450. The number of sulfonamides is 1. The van der Waals surface area contributed by atoms with Crippen LogP contribution in [0.15, 0.2) is 95.9 Å². The Labute approximate surface area is 193 Å². The number of nitrogens with zero attached hydrogens (tertiary/aromatic N) is 1. The summed E-state index contributed by atoms with van der Waals surface area (Å²) in [7, 11) is -3.92. The molecule has 1 atom stereocenters. The molecule has 1 aliphatic rings. The SMILES string of the molecule is Cc1ccc(NC(=O)C2Cc3ccccc3CN2S(=O)(=O)c2ccc3ccccc3c2)cc1. The van der Waals surface area contributed by atoms with E-state index in [2.05, 4.69) is 5.32 Å². The Kier molecular flexibility index (Phi) is 5.48. The molecule has 0 fully saturated rings. The van der Waals surface area contributed by atoms with Crippen molar-refractivity contribution in [2.24, 2.45) is 0 Å². The third-order valence-electron chi connectivity index (χ3n) is 6.15. The molecular formula is C27H24N2O3S. The lowest BCUT2D eigenvalue weighted by molar-refractivity contribution is -0.120. The molecular weight excluding hydrogens is 432 g/mol. The number of amides is 1. The Morgan fingerprint density at radius 3 is 2.27 bits per heavy atom. The van der Waals surface area contributed by atoms with Crippen molar-refractivity contribution < 1.29 is 13.2 Å². The van der Waals surface area contributed by atoms with Crippen molar-refractivity contribution in [2.75, 3.05) is 5.32 Å². The normalized spacial score (nSPS) is 16.3. The molecule has 166 valence electrons. The predicted molar refractivity (Wildman–Crippen MR) is 130 cm³/mol. The van der Waals surface area contributed by atoms with Gasteiger partial charge < -0.3 is 5.32 Å². The summed E-state index contributed by atoms with van der Waals surface area (Å²) in [6.07, 6.45) is 0.320. The molecule has 1 unspecified atom stereocenters. The van der Waals surface area contributed by atoms with Crippen LogP contribution >= 0.6 is 0 Å². The lowest BCUT2D eigenvalue weighted by atomic mass is 9.95. The maximum absolute atomic E-state index is 13.8. The largest absolute Gasteiger partial charge is 0.325 e. The number of aryl methyl sites for hydroxylation is 1. The fourth-order valence-electron chi connectivity index (χ4n) is 4.30. The van der Waals surface area contributed by atoms with Crippen LogP contribution in [0.25, 0.3) is 10.8 Å². The van der Waals surface area contributed by atoms with Gasteiger partial charge in [0.1, 0.15) is 6.04 Å². The van der Waals surface area contributed by atoms with Crippen LogP contribution in [-0.4, -0.2) is 24.7 Å². The summed E-state index contributed by atoms with van der Waals surface area (Å²) in [5.74, 6) is -0.335. The van der Waals surface area contributed by atoms with Gasteiger partial charge in [0.25, 0.3) is 0 Å². The van der Waals surface area contributed by atoms with E-state index in [0.29, 0.717) is 12.1 Å². The third-order valence-corrected chi connectivity index (χ3v) is 8.01. The summed E-state index contributed by atoms with van der Waals surface area (Å²) in [6.45, 7) is 2.12. The minimum atomic E-state index is -3.92. The molecule has 0 spiro atoms. The number of rotatable bonds is 4. The van der Waals surface area contributed by atoms with Gasteiger partial charge in [0, 0.05) is 12.2 Å². The summed E-state index contributed by atoms with van der Waals surface area (Å²) in [5.41, 5.74) is 3.64. The number of carbonyl (C=O) groups excluding carboxylic acids is 1. The number of carbonyl (C=O) groups is 1. The number of hydrogen-bond donors (Lipinski definition) is 1. The Balaban J connectivity index is 1.54. The number of benzene rings is 4. The van der Waals surface area contributed by atoms with E-state index in [9.17, 15) is 13.2 Å². The molecule has 5 nitrogen and oxygen atoms in total. The summed E-state index contributed by atoms with van der Waals surface area (Å²) < 4.78 is 28.9. The lowest BCUT2D eigenvalue weighted by Gasteiger charge is -2.35. The topological polar surface area (TPSA) is 66.5 Å². The van der Waals surface area contributed by atoms with Crippen LogP contribution in [0.3, 0.4) is 0 Å². The Hall–Kier alpha value is -3.48. The van der Waals surface area contributed by atoms with Crippen LogP contribution in [0.5, 0.6) is 0 Å². The standard InChI is InChI=1S/C27H24N2O3S/c1-19-10-13-24(14-11-19)28-27(30)26-17-22-8-4-5-9-23(22)18-29(26)33(31,32)25-15-12-20-6-2-3-7-21(20)16-25/h2-16,26H,17-18H2,1H3,(H,28,30). The number of nitrogens with one attached hydrogen (secondary N) is 1. The van der Waals surface area contributed by atoms with E-state index in [1.54, 1.807) is 12.1 Å². The highest BCUT2D eigenvalue weighted by atomic mass is 32.2. The maximum atomic E-state index is 13.8. The summed E-state index contributed by atoms with van der Waals surface area (Å²) in [4.78, 5) is 13.5. The molecule has 1 heterocycles. The van der Waals surface area contributed by atoms with Gasteiger partial charge in [-0.05, 0) is 59.5 Å². The van der Waals surface area contributed by atoms with Crippen molar-refractivity contribution in [3.05, 3.63) is 108 Å². The lowest BCUT2D eigenvalue weighted by Crippen LogP contribution is -2.50. The van der Waals surface area contributed by atoms with Crippen molar-refractivity contribution in [3.8, 4) is 0 Å². The molecule has 33 heavy (non-hydrogen) atoms. The van der Waals surface area contributed by atoms with Gasteiger partial charge >= 0.3 is 0 Å². The van der Waals surface area contributed by atoms with Gasteiger partial charge in [-0.25, -0.2) is 8.42 Å². The van der Waals surface area contributed by atoms with E-state index in [4.69, 9.17) is 0 Å². The van der Waals surface area contributed by atoms with Gasteiger partial charge in [-0.2, -0.15) is 4.31 Å². The van der Waals surface area contributed by atoms with Gasteiger partial charge in [0.15, 0.2) is 0 Å². The third kappa shape index (κ3) is 4.15. The fraction of sp³-hybridized carbons (Fsp3) is 0.148. The molecule has 0 bridgehead atoms.